The van der Waals surface area contributed by atoms with Gasteiger partial charge in [0.1, 0.15) is 5.69 Å². The van der Waals surface area contributed by atoms with Crippen LogP contribution in [0.4, 0.5) is 0 Å². The second-order valence-corrected chi connectivity index (χ2v) is 5.77. The van der Waals surface area contributed by atoms with Gasteiger partial charge < -0.3 is 9.84 Å². The Morgan fingerprint density at radius 3 is 3.06 bits per heavy atom. The fourth-order valence-electron chi connectivity index (χ4n) is 2.07. The molecule has 0 amide bonds. The number of nitrogens with one attached hydrogen (secondary N) is 1. The smallest absolute Gasteiger partial charge is 0.172 e. The maximum Gasteiger partial charge on any atom is 0.172 e. The molecule has 0 radical (unpaired) electrons. The lowest BCUT2D eigenvalue weighted by Gasteiger charge is -2.14. The van der Waals surface area contributed by atoms with Crippen LogP contribution >= 0.6 is 11.8 Å². The number of benzene rings is 1. The molecule has 0 saturated carbocycles. The Morgan fingerprint density at radius 1 is 1.39 bits per heavy atom. The average molecular weight is 260 g/mol. The molecule has 1 aromatic carbocycles. The Morgan fingerprint density at radius 2 is 2.22 bits per heavy atom. The third-order valence-electron chi connectivity index (χ3n) is 3.05. The second-order valence-electron chi connectivity index (χ2n) is 4.76. The molecule has 0 aliphatic carbocycles. The zero-order valence-corrected chi connectivity index (χ0v) is 11.4. The van der Waals surface area contributed by atoms with Crippen molar-refractivity contribution in [2.75, 3.05) is 0 Å². The summed E-state index contributed by atoms with van der Waals surface area (Å²) in [6.07, 6.45) is 0. The highest BCUT2D eigenvalue weighted by Crippen LogP contribution is 2.42. The normalized spacial score (nSPS) is 13.5. The highest BCUT2D eigenvalue weighted by molar-refractivity contribution is 7.98. The average Bonchev–Trinajstić information content (AvgIpc) is 2.80. The number of nitrogens with zero attached hydrogens (tertiary/aromatic N) is 1. The lowest BCUT2D eigenvalue weighted by atomic mass is 10.1. The van der Waals surface area contributed by atoms with E-state index in [1.165, 1.54) is 16.0 Å². The van der Waals surface area contributed by atoms with Gasteiger partial charge >= 0.3 is 0 Å². The molecule has 0 fully saturated rings. The first-order valence-corrected chi connectivity index (χ1v) is 7.17. The zero-order chi connectivity index (χ0) is 12.5. The number of hydrogen-bond acceptors (Lipinski definition) is 4. The van der Waals surface area contributed by atoms with Gasteiger partial charge in [-0.2, -0.15) is 0 Å². The molecule has 18 heavy (non-hydrogen) atoms. The van der Waals surface area contributed by atoms with Gasteiger partial charge in [0.15, 0.2) is 5.76 Å². The first kappa shape index (κ1) is 11.8. The van der Waals surface area contributed by atoms with Crippen molar-refractivity contribution in [2.45, 2.75) is 37.1 Å². The third-order valence-corrected chi connectivity index (χ3v) is 4.15. The summed E-state index contributed by atoms with van der Waals surface area (Å²) in [5.41, 5.74) is 3.46. The van der Waals surface area contributed by atoms with Crippen molar-refractivity contribution in [1.82, 2.24) is 10.5 Å². The van der Waals surface area contributed by atoms with Gasteiger partial charge in [-0.25, -0.2) is 0 Å². The Labute approximate surface area is 111 Å². The molecule has 1 aliphatic heterocycles. The van der Waals surface area contributed by atoms with E-state index in [9.17, 15) is 0 Å². The van der Waals surface area contributed by atoms with Gasteiger partial charge in [-0.15, -0.1) is 11.8 Å². The molecule has 1 N–H and O–H groups in total. The van der Waals surface area contributed by atoms with Crippen LogP contribution in [0.15, 0.2) is 33.7 Å². The van der Waals surface area contributed by atoms with Crippen LogP contribution in [0.1, 0.15) is 25.1 Å². The largest absolute Gasteiger partial charge is 0.356 e. The molecule has 3 nitrogen and oxygen atoms in total. The van der Waals surface area contributed by atoms with Crippen molar-refractivity contribution < 1.29 is 4.52 Å². The van der Waals surface area contributed by atoms with Gasteiger partial charge in [0.25, 0.3) is 0 Å². The van der Waals surface area contributed by atoms with Gasteiger partial charge in [-0.3, -0.25) is 0 Å². The Bertz CT molecular complexity index is 563. The summed E-state index contributed by atoms with van der Waals surface area (Å²) in [6.45, 7) is 5.05. The van der Waals surface area contributed by atoms with Crippen LogP contribution in [-0.2, 0) is 12.3 Å². The lowest BCUT2D eigenvalue weighted by Crippen LogP contribution is -2.22. The quantitative estimate of drug-likeness (QED) is 0.917. The van der Waals surface area contributed by atoms with Crippen molar-refractivity contribution in [2.24, 2.45) is 0 Å². The molecular weight excluding hydrogens is 244 g/mol. The summed E-state index contributed by atoms with van der Waals surface area (Å²) in [4.78, 5) is 1.28. The SMILES string of the molecule is CC(C)NCc1noc2c1CSc1ccccc1-2. The maximum absolute atomic E-state index is 5.54. The number of aromatic nitrogens is 1. The molecule has 0 spiro atoms. The van der Waals surface area contributed by atoms with Crippen LogP contribution in [0.5, 0.6) is 0 Å². The monoisotopic (exact) mass is 260 g/mol. The summed E-state index contributed by atoms with van der Waals surface area (Å²) in [5.74, 6) is 1.90. The van der Waals surface area contributed by atoms with E-state index in [-0.39, 0.29) is 0 Å². The third kappa shape index (κ3) is 2.06. The molecule has 1 aliphatic rings. The van der Waals surface area contributed by atoms with Crippen LogP contribution in [-0.4, -0.2) is 11.2 Å². The topological polar surface area (TPSA) is 38.1 Å². The van der Waals surface area contributed by atoms with Crippen molar-refractivity contribution in [3.8, 4) is 11.3 Å². The van der Waals surface area contributed by atoms with Crippen molar-refractivity contribution >= 4 is 11.8 Å². The minimum absolute atomic E-state index is 0.459. The van der Waals surface area contributed by atoms with E-state index in [1.807, 2.05) is 17.8 Å². The van der Waals surface area contributed by atoms with Crippen molar-refractivity contribution in [3.05, 3.63) is 35.5 Å². The van der Waals surface area contributed by atoms with E-state index in [4.69, 9.17) is 4.52 Å². The van der Waals surface area contributed by atoms with Gasteiger partial charge in [-0.1, -0.05) is 31.1 Å². The first-order chi connectivity index (χ1) is 8.75. The lowest BCUT2D eigenvalue weighted by molar-refractivity contribution is 0.417. The Kier molecular flexibility index (Phi) is 3.14. The number of rotatable bonds is 3. The minimum atomic E-state index is 0.459. The predicted octanol–water partition coefficient (Wildman–Crippen LogP) is 3.45. The molecule has 0 saturated heterocycles. The van der Waals surface area contributed by atoms with Crippen LogP contribution in [0.2, 0.25) is 0 Å². The maximum atomic E-state index is 5.54. The van der Waals surface area contributed by atoms with E-state index >= 15 is 0 Å². The number of fused-ring (bicyclic) bond motifs is 3. The summed E-state index contributed by atoms with van der Waals surface area (Å²) in [5, 5.41) is 7.61. The van der Waals surface area contributed by atoms with E-state index in [1.54, 1.807) is 0 Å². The molecule has 3 rings (SSSR count). The molecular formula is C14H16N2OS. The molecule has 2 heterocycles. The van der Waals surface area contributed by atoms with Gasteiger partial charge in [0.2, 0.25) is 0 Å². The highest BCUT2D eigenvalue weighted by Gasteiger charge is 2.24. The van der Waals surface area contributed by atoms with E-state index in [0.29, 0.717) is 6.04 Å². The van der Waals surface area contributed by atoms with E-state index in [0.717, 1.165) is 23.8 Å². The summed E-state index contributed by atoms with van der Waals surface area (Å²) >= 11 is 1.86. The molecule has 2 aromatic rings. The van der Waals surface area contributed by atoms with Crippen LogP contribution in [0.3, 0.4) is 0 Å². The number of thioether (sulfide) groups is 1. The molecule has 0 atom stereocenters. The Hall–Kier alpha value is -1.26. The van der Waals surface area contributed by atoms with E-state index in [2.05, 4.69) is 42.5 Å². The zero-order valence-electron chi connectivity index (χ0n) is 10.6. The highest BCUT2D eigenvalue weighted by atomic mass is 32.2. The van der Waals surface area contributed by atoms with Crippen LogP contribution in [0, 0.1) is 0 Å². The van der Waals surface area contributed by atoms with Gasteiger partial charge in [-0.05, 0) is 12.1 Å². The van der Waals surface area contributed by atoms with Crippen LogP contribution < -0.4 is 5.32 Å². The molecule has 94 valence electrons. The summed E-state index contributed by atoms with van der Waals surface area (Å²) in [6, 6.07) is 8.81. The molecule has 0 bridgehead atoms. The van der Waals surface area contributed by atoms with E-state index < -0.39 is 0 Å². The second kappa shape index (κ2) is 4.78. The molecule has 0 unspecified atom stereocenters. The summed E-state index contributed by atoms with van der Waals surface area (Å²) in [7, 11) is 0. The van der Waals surface area contributed by atoms with Gasteiger partial charge in [0, 0.05) is 34.4 Å². The Balaban J connectivity index is 1.94. The molecule has 4 heteroatoms. The standard InChI is InChI=1S/C14H16N2OS/c1-9(2)15-7-12-11-8-18-13-6-4-3-5-10(13)14(11)17-16-12/h3-6,9,15H,7-8H2,1-2H3. The predicted molar refractivity (Wildman–Crippen MR) is 73.5 cm³/mol. The minimum Gasteiger partial charge on any atom is -0.356 e. The van der Waals surface area contributed by atoms with Crippen molar-refractivity contribution in [1.29, 1.82) is 0 Å². The van der Waals surface area contributed by atoms with Gasteiger partial charge in [0.05, 0.1) is 0 Å². The fraction of sp³-hybridized carbons (Fsp3) is 0.357. The number of hydrogen-bond donors (Lipinski definition) is 1. The molecule has 1 aromatic heterocycles. The van der Waals surface area contributed by atoms with Crippen molar-refractivity contribution in [3.63, 3.8) is 0 Å². The fourth-order valence-corrected chi connectivity index (χ4v) is 3.16. The summed E-state index contributed by atoms with van der Waals surface area (Å²) < 4.78 is 5.54. The first-order valence-electron chi connectivity index (χ1n) is 6.18. The van der Waals surface area contributed by atoms with Crippen LogP contribution in [0.25, 0.3) is 11.3 Å².